The SMILES string of the molecule is CCNC(=NCC1(c2ccccc2C)CC1)N1CCOC(c2cnn(C)c2)C1.I. The summed E-state index contributed by atoms with van der Waals surface area (Å²) in [7, 11) is 1.94. The Kier molecular flexibility index (Phi) is 7.21. The summed E-state index contributed by atoms with van der Waals surface area (Å²) >= 11 is 0. The number of hydrogen-bond acceptors (Lipinski definition) is 3. The third-order valence-corrected chi connectivity index (χ3v) is 5.90. The summed E-state index contributed by atoms with van der Waals surface area (Å²) in [4.78, 5) is 7.41. The van der Waals surface area contributed by atoms with Gasteiger partial charge >= 0.3 is 0 Å². The summed E-state index contributed by atoms with van der Waals surface area (Å²) in [6, 6.07) is 8.76. The summed E-state index contributed by atoms with van der Waals surface area (Å²) in [6.07, 6.45) is 6.42. The molecule has 0 spiro atoms. The fraction of sp³-hybridized carbons (Fsp3) is 0.545. The van der Waals surface area contributed by atoms with Gasteiger partial charge in [0.2, 0.25) is 0 Å². The Morgan fingerprint density at radius 2 is 2.14 bits per heavy atom. The van der Waals surface area contributed by atoms with Crippen LogP contribution in [0.1, 0.15) is 42.6 Å². The average Bonchev–Trinajstić information content (AvgIpc) is 3.37. The van der Waals surface area contributed by atoms with Gasteiger partial charge in [-0.1, -0.05) is 24.3 Å². The van der Waals surface area contributed by atoms with Crippen molar-refractivity contribution in [2.75, 3.05) is 32.8 Å². The first-order valence-corrected chi connectivity index (χ1v) is 10.3. The summed E-state index contributed by atoms with van der Waals surface area (Å²) < 4.78 is 7.83. The Balaban J connectivity index is 0.00000240. The van der Waals surface area contributed by atoms with E-state index in [4.69, 9.17) is 9.73 Å². The van der Waals surface area contributed by atoms with Gasteiger partial charge in [-0.05, 0) is 37.8 Å². The van der Waals surface area contributed by atoms with Gasteiger partial charge in [-0.2, -0.15) is 5.10 Å². The first kappa shape index (κ1) is 22.1. The van der Waals surface area contributed by atoms with Gasteiger partial charge in [-0.15, -0.1) is 24.0 Å². The van der Waals surface area contributed by atoms with E-state index in [-0.39, 0.29) is 35.5 Å². The van der Waals surface area contributed by atoms with Gasteiger partial charge in [-0.3, -0.25) is 9.67 Å². The van der Waals surface area contributed by atoms with Crippen LogP contribution >= 0.6 is 24.0 Å². The Bertz CT molecular complexity index is 845. The molecule has 1 N–H and O–H groups in total. The number of morpholine rings is 1. The highest BCUT2D eigenvalue weighted by Gasteiger charge is 2.45. The molecule has 2 aliphatic rings. The number of nitrogens with zero attached hydrogens (tertiary/aromatic N) is 4. The van der Waals surface area contributed by atoms with E-state index in [1.54, 1.807) is 0 Å². The number of halogens is 1. The van der Waals surface area contributed by atoms with Gasteiger partial charge < -0.3 is 15.0 Å². The molecule has 1 unspecified atom stereocenters. The average molecular weight is 509 g/mol. The van der Waals surface area contributed by atoms with Crippen molar-refractivity contribution in [3.05, 3.63) is 53.3 Å². The lowest BCUT2D eigenvalue weighted by atomic mass is 9.92. The molecule has 0 radical (unpaired) electrons. The number of benzene rings is 1. The van der Waals surface area contributed by atoms with Crippen molar-refractivity contribution >= 4 is 29.9 Å². The van der Waals surface area contributed by atoms with E-state index >= 15 is 0 Å². The summed E-state index contributed by atoms with van der Waals surface area (Å²) in [5.41, 5.74) is 4.19. The lowest BCUT2D eigenvalue weighted by Crippen LogP contribution is -2.48. The Labute approximate surface area is 190 Å². The number of guanidine groups is 1. The minimum Gasteiger partial charge on any atom is -0.370 e. The largest absolute Gasteiger partial charge is 0.370 e. The molecular formula is C22H32IN5O. The van der Waals surface area contributed by atoms with Gasteiger partial charge in [0.1, 0.15) is 6.10 Å². The molecule has 6 nitrogen and oxygen atoms in total. The summed E-state index contributed by atoms with van der Waals surface area (Å²) in [5.74, 6) is 1.000. The van der Waals surface area contributed by atoms with Crippen LogP contribution in [-0.4, -0.2) is 53.4 Å². The molecule has 4 rings (SSSR count). The summed E-state index contributed by atoms with van der Waals surface area (Å²) in [6.45, 7) is 8.41. The van der Waals surface area contributed by atoms with E-state index < -0.39 is 0 Å². The van der Waals surface area contributed by atoms with Crippen LogP contribution in [0.4, 0.5) is 0 Å². The van der Waals surface area contributed by atoms with Crippen molar-refractivity contribution in [2.45, 2.75) is 38.2 Å². The molecule has 1 aromatic heterocycles. The van der Waals surface area contributed by atoms with Crippen LogP contribution in [0.3, 0.4) is 0 Å². The Morgan fingerprint density at radius 1 is 1.34 bits per heavy atom. The number of aliphatic imine (C=N–C) groups is 1. The topological polar surface area (TPSA) is 54.7 Å². The van der Waals surface area contributed by atoms with Gasteiger partial charge in [0.25, 0.3) is 0 Å². The zero-order chi connectivity index (χ0) is 19.6. The lowest BCUT2D eigenvalue weighted by molar-refractivity contribution is -0.00805. The van der Waals surface area contributed by atoms with Crippen LogP contribution in [0.5, 0.6) is 0 Å². The zero-order valence-electron chi connectivity index (χ0n) is 17.6. The minimum absolute atomic E-state index is 0. The zero-order valence-corrected chi connectivity index (χ0v) is 19.9. The number of rotatable bonds is 5. The third-order valence-electron chi connectivity index (χ3n) is 5.90. The molecule has 1 atom stereocenters. The molecule has 2 heterocycles. The fourth-order valence-electron chi connectivity index (χ4n) is 4.13. The summed E-state index contributed by atoms with van der Waals surface area (Å²) in [5, 5.41) is 7.78. The Morgan fingerprint density at radius 3 is 2.79 bits per heavy atom. The highest BCUT2D eigenvalue weighted by atomic mass is 127. The number of hydrogen-bond donors (Lipinski definition) is 1. The highest BCUT2D eigenvalue weighted by Crippen LogP contribution is 2.49. The molecule has 1 aromatic carbocycles. The lowest BCUT2D eigenvalue weighted by Gasteiger charge is -2.35. The maximum atomic E-state index is 6.00. The van der Waals surface area contributed by atoms with Crippen molar-refractivity contribution in [2.24, 2.45) is 12.0 Å². The minimum atomic E-state index is 0. The molecule has 2 fully saturated rings. The second-order valence-corrected chi connectivity index (χ2v) is 8.02. The highest BCUT2D eigenvalue weighted by molar-refractivity contribution is 14.0. The molecule has 1 aliphatic heterocycles. The van der Waals surface area contributed by atoms with E-state index in [2.05, 4.69) is 53.4 Å². The molecular weight excluding hydrogens is 477 g/mol. The first-order chi connectivity index (χ1) is 13.6. The quantitative estimate of drug-likeness (QED) is 0.382. The molecule has 1 aliphatic carbocycles. The molecule has 0 amide bonds. The molecule has 1 saturated carbocycles. The van der Waals surface area contributed by atoms with Crippen molar-refractivity contribution in [1.29, 1.82) is 0 Å². The molecule has 7 heteroatoms. The van der Waals surface area contributed by atoms with Gasteiger partial charge in [0, 0.05) is 37.3 Å². The third kappa shape index (κ3) is 4.94. The number of nitrogens with one attached hydrogen (secondary N) is 1. The smallest absolute Gasteiger partial charge is 0.194 e. The van der Waals surface area contributed by atoms with Crippen LogP contribution in [-0.2, 0) is 17.2 Å². The standard InChI is InChI=1S/C22H31N5O.HI/c1-4-23-21(24-16-22(9-10-22)19-8-6-5-7-17(19)2)27-11-12-28-20(15-27)18-13-25-26(3)14-18;/h5-8,13-14,20H,4,9-12,15-16H2,1-3H3,(H,23,24);1H. The second-order valence-electron chi connectivity index (χ2n) is 8.02. The van der Waals surface area contributed by atoms with Gasteiger partial charge in [-0.25, -0.2) is 0 Å². The van der Waals surface area contributed by atoms with Crippen molar-refractivity contribution < 1.29 is 4.74 Å². The predicted octanol–water partition coefficient (Wildman–Crippen LogP) is 3.42. The predicted molar refractivity (Wildman–Crippen MR) is 127 cm³/mol. The number of ether oxygens (including phenoxy) is 1. The van der Waals surface area contributed by atoms with Gasteiger partial charge in [0.15, 0.2) is 5.96 Å². The fourth-order valence-corrected chi connectivity index (χ4v) is 4.13. The van der Waals surface area contributed by atoms with Crippen LogP contribution in [0, 0.1) is 6.92 Å². The van der Waals surface area contributed by atoms with E-state index in [1.807, 2.05) is 24.1 Å². The van der Waals surface area contributed by atoms with Crippen LogP contribution < -0.4 is 5.32 Å². The molecule has 1 saturated heterocycles. The van der Waals surface area contributed by atoms with Crippen molar-refractivity contribution in [1.82, 2.24) is 20.0 Å². The van der Waals surface area contributed by atoms with Gasteiger partial charge in [0.05, 0.1) is 25.9 Å². The monoisotopic (exact) mass is 509 g/mol. The first-order valence-electron chi connectivity index (χ1n) is 10.3. The maximum absolute atomic E-state index is 6.00. The normalized spacial score (nSPS) is 20.9. The number of aromatic nitrogens is 2. The van der Waals surface area contributed by atoms with E-state index in [0.717, 1.165) is 37.7 Å². The van der Waals surface area contributed by atoms with E-state index in [1.165, 1.54) is 24.0 Å². The maximum Gasteiger partial charge on any atom is 0.194 e. The van der Waals surface area contributed by atoms with Crippen molar-refractivity contribution in [3.8, 4) is 0 Å². The van der Waals surface area contributed by atoms with Crippen LogP contribution in [0.25, 0.3) is 0 Å². The molecule has 29 heavy (non-hydrogen) atoms. The van der Waals surface area contributed by atoms with E-state index in [0.29, 0.717) is 6.61 Å². The Hall–Kier alpha value is -1.61. The number of aryl methyl sites for hydroxylation is 2. The van der Waals surface area contributed by atoms with Crippen LogP contribution in [0.15, 0.2) is 41.7 Å². The van der Waals surface area contributed by atoms with E-state index in [9.17, 15) is 0 Å². The molecule has 2 aromatic rings. The second kappa shape index (κ2) is 9.47. The molecule has 158 valence electrons. The van der Waals surface area contributed by atoms with Crippen LogP contribution in [0.2, 0.25) is 0 Å². The molecule has 0 bridgehead atoms. The van der Waals surface area contributed by atoms with Crippen molar-refractivity contribution in [3.63, 3.8) is 0 Å².